The summed E-state index contributed by atoms with van der Waals surface area (Å²) in [5.41, 5.74) is 0. The molecule has 1 saturated heterocycles. The number of hydrogen-bond acceptors (Lipinski definition) is 3. The van der Waals surface area contributed by atoms with E-state index in [2.05, 4.69) is 4.90 Å². The quantitative estimate of drug-likeness (QED) is 0.592. The smallest absolute Gasteiger partial charge is 0.0811 e. The van der Waals surface area contributed by atoms with Crippen molar-refractivity contribution in [3.05, 3.63) is 0 Å². The van der Waals surface area contributed by atoms with Crippen LogP contribution in [-0.4, -0.2) is 30.1 Å². The maximum Gasteiger partial charge on any atom is 0.0811 e. The molecule has 2 N–H and O–H groups in total. The number of hydrogen-bond donors (Lipinski definition) is 1. The minimum Gasteiger partial charge on any atom is -0.301 e. The van der Waals surface area contributed by atoms with Crippen LogP contribution in [0.2, 0.25) is 0 Å². The molecule has 0 aromatic heterocycles. The van der Waals surface area contributed by atoms with Crippen molar-refractivity contribution in [2.24, 2.45) is 5.90 Å². The van der Waals surface area contributed by atoms with E-state index in [4.69, 9.17) is 10.7 Å². The Bertz CT molecular complexity index is 128. The molecule has 1 aliphatic heterocycles. The van der Waals surface area contributed by atoms with Gasteiger partial charge in [-0.2, -0.15) is 0 Å². The average molecular weight is 156 g/mol. The Morgan fingerprint density at radius 3 is 2.18 bits per heavy atom. The van der Waals surface area contributed by atoms with Crippen LogP contribution in [-0.2, 0) is 4.84 Å². The normalized spacial score (nSPS) is 29.2. The number of rotatable bonds is 2. The molecule has 3 nitrogen and oxygen atoms in total. The molecule has 0 atom stereocenters. The molecule has 3 heteroatoms. The Hall–Kier alpha value is -0.120. The lowest BCUT2D eigenvalue weighted by atomic mass is 10.1. The standard InChI is InChI=1S/C8H16N2O/c9-11-8-3-5-10(6-4-8)7-1-2-7/h7-8H,1-6,9H2. The highest BCUT2D eigenvalue weighted by molar-refractivity contribution is 4.87. The third-order valence-electron chi connectivity index (χ3n) is 2.73. The molecule has 0 bridgehead atoms. The van der Waals surface area contributed by atoms with Crippen molar-refractivity contribution >= 4 is 0 Å². The Balaban J connectivity index is 1.75. The number of piperidine rings is 1. The molecule has 0 amide bonds. The van der Waals surface area contributed by atoms with Crippen molar-refractivity contribution in [2.75, 3.05) is 13.1 Å². The topological polar surface area (TPSA) is 38.5 Å². The molecule has 0 radical (unpaired) electrons. The SMILES string of the molecule is NOC1CCN(C2CC2)CC1. The lowest BCUT2D eigenvalue weighted by Crippen LogP contribution is -2.39. The summed E-state index contributed by atoms with van der Waals surface area (Å²) in [6, 6.07) is 0.911. The zero-order valence-corrected chi connectivity index (χ0v) is 6.83. The van der Waals surface area contributed by atoms with Gasteiger partial charge >= 0.3 is 0 Å². The zero-order chi connectivity index (χ0) is 7.68. The van der Waals surface area contributed by atoms with Crippen LogP contribution in [0.15, 0.2) is 0 Å². The van der Waals surface area contributed by atoms with Crippen LogP contribution >= 0.6 is 0 Å². The minimum atomic E-state index is 0.324. The van der Waals surface area contributed by atoms with E-state index in [1.54, 1.807) is 0 Å². The van der Waals surface area contributed by atoms with Gasteiger partial charge in [0.25, 0.3) is 0 Å². The van der Waals surface area contributed by atoms with Crippen LogP contribution in [0, 0.1) is 0 Å². The predicted octanol–water partition coefficient (Wildman–Crippen LogP) is 0.503. The van der Waals surface area contributed by atoms with Crippen molar-refractivity contribution in [3.63, 3.8) is 0 Å². The molecule has 1 aliphatic carbocycles. The van der Waals surface area contributed by atoms with Crippen LogP contribution in [0.4, 0.5) is 0 Å². The summed E-state index contributed by atoms with van der Waals surface area (Å²) in [6.07, 6.45) is 5.38. The first-order valence-electron chi connectivity index (χ1n) is 4.50. The summed E-state index contributed by atoms with van der Waals surface area (Å²) in [6.45, 7) is 2.37. The van der Waals surface area contributed by atoms with Gasteiger partial charge in [-0.05, 0) is 25.7 Å². The van der Waals surface area contributed by atoms with E-state index in [9.17, 15) is 0 Å². The van der Waals surface area contributed by atoms with E-state index < -0.39 is 0 Å². The highest BCUT2D eigenvalue weighted by Gasteiger charge is 2.31. The zero-order valence-electron chi connectivity index (χ0n) is 6.83. The fourth-order valence-corrected chi connectivity index (χ4v) is 1.82. The van der Waals surface area contributed by atoms with Crippen LogP contribution < -0.4 is 5.90 Å². The fourth-order valence-electron chi connectivity index (χ4n) is 1.82. The molecule has 1 saturated carbocycles. The molecule has 0 unspecified atom stereocenters. The highest BCUT2D eigenvalue weighted by atomic mass is 16.6. The van der Waals surface area contributed by atoms with Gasteiger partial charge in [-0.25, -0.2) is 5.90 Å². The minimum absolute atomic E-state index is 0.324. The summed E-state index contributed by atoms with van der Waals surface area (Å²) in [5, 5.41) is 0. The van der Waals surface area contributed by atoms with Crippen LogP contribution in [0.25, 0.3) is 0 Å². The second-order valence-corrected chi connectivity index (χ2v) is 3.60. The molecule has 11 heavy (non-hydrogen) atoms. The Labute approximate surface area is 67.4 Å². The number of likely N-dealkylation sites (tertiary alicyclic amines) is 1. The lowest BCUT2D eigenvalue weighted by Gasteiger charge is -2.30. The lowest BCUT2D eigenvalue weighted by molar-refractivity contribution is 0.00491. The monoisotopic (exact) mass is 156 g/mol. The van der Waals surface area contributed by atoms with E-state index in [0.717, 1.165) is 18.9 Å². The summed E-state index contributed by atoms with van der Waals surface area (Å²) in [4.78, 5) is 7.38. The van der Waals surface area contributed by atoms with Crippen molar-refractivity contribution < 1.29 is 4.84 Å². The first kappa shape index (κ1) is 7.53. The van der Waals surface area contributed by atoms with Gasteiger partial charge in [0.2, 0.25) is 0 Å². The third-order valence-corrected chi connectivity index (χ3v) is 2.73. The van der Waals surface area contributed by atoms with Crippen LogP contribution in [0.3, 0.4) is 0 Å². The van der Waals surface area contributed by atoms with Gasteiger partial charge in [0.05, 0.1) is 6.10 Å². The maximum absolute atomic E-state index is 5.12. The first-order valence-corrected chi connectivity index (χ1v) is 4.50. The Kier molecular flexibility index (Phi) is 2.11. The van der Waals surface area contributed by atoms with E-state index in [1.165, 1.54) is 25.9 Å². The fraction of sp³-hybridized carbons (Fsp3) is 1.00. The third kappa shape index (κ3) is 1.72. The summed E-state index contributed by atoms with van der Waals surface area (Å²) in [7, 11) is 0. The molecule has 2 aliphatic rings. The van der Waals surface area contributed by atoms with Crippen molar-refractivity contribution in [1.82, 2.24) is 4.90 Å². The molecular weight excluding hydrogens is 140 g/mol. The van der Waals surface area contributed by atoms with Crippen LogP contribution in [0.5, 0.6) is 0 Å². The Morgan fingerprint density at radius 1 is 1.09 bits per heavy atom. The summed E-state index contributed by atoms with van der Waals surface area (Å²) in [5.74, 6) is 5.12. The molecule has 0 aromatic rings. The molecule has 64 valence electrons. The van der Waals surface area contributed by atoms with Crippen LogP contribution in [0.1, 0.15) is 25.7 Å². The van der Waals surface area contributed by atoms with Gasteiger partial charge in [-0.1, -0.05) is 0 Å². The van der Waals surface area contributed by atoms with E-state index in [-0.39, 0.29) is 0 Å². The molecule has 2 fully saturated rings. The molecule has 0 spiro atoms. The van der Waals surface area contributed by atoms with E-state index in [1.807, 2.05) is 0 Å². The second-order valence-electron chi connectivity index (χ2n) is 3.60. The van der Waals surface area contributed by atoms with Gasteiger partial charge < -0.3 is 9.74 Å². The summed E-state index contributed by atoms with van der Waals surface area (Å²) < 4.78 is 0. The molecular formula is C8H16N2O. The second kappa shape index (κ2) is 3.09. The van der Waals surface area contributed by atoms with Gasteiger partial charge in [0.15, 0.2) is 0 Å². The van der Waals surface area contributed by atoms with E-state index in [0.29, 0.717) is 6.10 Å². The number of nitrogens with zero attached hydrogens (tertiary/aromatic N) is 1. The van der Waals surface area contributed by atoms with Gasteiger partial charge in [-0.15, -0.1) is 0 Å². The van der Waals surface area contributed by atoms with E-state index >= 15 is 0 Å². The molecule has 2 rings (SSSR count). The van der Waals surface area contributed by atoms with Gasteiger partial charge in [-0.3, -0.25) is 0 Å². The number of nitrogens with two attached hydrogens (primary N) is 1. The largest absolute Gasteiger partial charge is 0.301 e. The Morgan fingerprint density at radius 2 is 1.73 bits per heavy atom. The van der Waals surface area contributed by atoms with Gasteiger partial charge in [0, 0.05) is 19.1 Å². The molecule has 0 aromatic carbocycles. The molecule has 1 heterocycles. The first-order chi connectivity index (χ1) is 5.40. The highest BCUT2D eigenvalue weighted by Crippen LogP contribution is 2.29. The maximum atomic E-state index is 5.12. The summed E-state index contributed by atoms with van der Waals surface area (Å²) >= 11 is 0. The van der Waals surface area contributed by atoms with Crippen molar-refractivity contribution in [2.45, 2.75) is 37.8 Å². The van der Waals surface area contributed by atoms with Crippen molar-refractivity contribution in [3.8, 4) is 0 Å². The average Bonchev–Trinajstić information content (AvgIpc) is 2.87. The van der Waals surface area contributed by atoms with Gasteiger partial charge in [0.1, 0.15) is 0 Å². The predicted molar refractivity (Wildman–Crippen MR) is 42.9 cm³/mol. The van der Waals surface area contributed by atoms with Crippen molar-refractivity contribution in [1.29, 1.82) is 0 Å².